The first-order chi connectivity index (χ1) is 13.9. The van der Waals surface area contributed by atoms with Gasteiger partial charge in [-0.05, 0) is 55.3 Å². The van der Waals surface area contributed by atoms with E-state index in [2.05, 4.69) is 10.0 Å². The van der Waals surface area contributed by atoms with Crippen LogP contribution in [0.25, 0.3) is 0 Å². The van der Waals surface area contributed by atoms with Crippen molar-refractivity contribution in [1.29, 1.82) is 0 Å². The molecule has 0 aliphatic carbocycles. The van der Waals surface area contributed by atoms with Gasteiger partial charge < -0.3 is 5.32 Å². The highest BCUT2D eigenvalue weighted by molar-refractivity contribution is 7.92. The summed E-state index contributed by atoms with van der Waals surface area (Å²) in [6.45, 7) is 3.87. The molecule has 2 N–H and O–H groups in total. The number of sulfonamides is 1. The van der Waals surface area contributed by atoms with Crippen molar-refractivity contribution in [1.82, 2.24) is 0 Å². The van der Waals surface area contributed by atoms with E-state index >= 15 is 0 Å². The fourth-order valence-electron chi connectivity index (χ4n) is 3.04. The van der Waals surface area contributed by atoms with Crippen molar-refractivity contribution in [2.75, 3.05) is 10.0 Å². The van der Waals surface area contributed by atoms with Gasteiger partial charge in [0.1, 0.15) is 0 Å². The third-order valence-corrected chi connectivity index (χ3v) is 6.06. The summed E-state index contributed by atoms with van der Waals surface area (Å²) in [6.07, 6.45) is 0.685. The van der Waals surface area contributed by atoms with Gasteiger partial charge in [0.25, 0.3) is 10.0 Å². The van der Waals surface area contributed by atoms with E-state index < -0.39 is 10.0 Å². The van der Waals surface area contributed by atoms with Gasteiger partial charge in [0.2, 0.25) is 5.91 Å². The Morgan fingerprint density at radius 3 is 2.03 bits per heavy atom. The van der Waals surface area contributed by atoms with E-state index in [0.717, 1.165) is 11.1 Å². The van der Waals surface area contributed by atoms with E-state index in [4.69, 9.17) is 0 Å². The zero-order valence-corrected chi connectivity index (χ0v) is 17.2. The Bertz CT molecular complexity index is 1060. The van der Waals surface area contributed by atoms with Gasteiger partial charge in [-0.2, -0.15) is 0 Å². The smallest absolute Gasteiger partial charge is 0.261 e. The molecule has 3 rings (SSSR count). The van der Waals surface area contributed by atoms with Crippen LogP contribution in [0, 0.1) is 6.92 Å². The van der Waals surface area contributed by atoms with Gasteiger partial charge in [-0.25, -0.2) is 8.42 Å². The Hall–Kier alpha value is -3.12. The van der Waals surface area contributed by atoms with Gasteiger partial charge in [0, 0.05) is 11.4 Å². The summed E-state index contributed by atoms with van der Waals surface area (Å²) in [6, 6.07) is 22.9. The maximum Gasteiger partial charge on any atom is 0.261 e. The predicted octanol–water partition coefficient (Wildman–Crippen LogP) is 4.93. The lowest BCUT2D eigenvalue weighted by Crippen LogP contribution is -2.20. The molecule has 0 heterocycles. The van der Waals surface area contributed by atoms with Gasteiger partial charge in [0.05, 0.1) is 10.8 Å². The Kier molecular flexibility index (Phi) is 6.34. The minimum absolute atomic E-state index is 0.0910. The SMILES string of the molecule is CC[C@H](C(=O)Nc1ccc(NS(=O)(=O)c2ccc(C)cc2)cc1)c1ccccc1. The highest BCUT2D eigenvalue weighted by Crippen LogP contribution is 2.23. The van der Waals surface area contributed by atoms with E-state index in [-0.39, 0.29) is 16.7 Å². The molecule has 0 aromatic heterocycles. The third kappa shape index (κ3) is 5.23. The van der Waals surface area contributed by atoms with Crippen molar-refractivity contribution in [3.05, 3.63) is 90.0 Å². The van der Waals surface area contributed by atoms with Crippen LogP contribution >= 0.6 is 0 Å². The van der Waals surface area contributed by atoms with Gasteiger partial charge >= 0.3 is 0 Å². The van der Waals surface area contributed by atoms with Crippen molar-refractivity contribution in [2.24, 2.45) is 0 Å². The zero-order chi connectivity index (χ0) is 20.9. The van der Waals surface area contributed by atoms with E-state index in [9.17, 15) is 13.2 Å². The normalized spacial score (nSPS) is 12.2. The first kappa shape index (κ1) is 20.6. The second-order valence-electron chi connectivity index (χ2n) is 6.86. The summed E-state index contributed by atoms with van der Waals surface area (Å²) in [7, 11) is -3.66. The van der Waals surface area contributed by atoms with E-state index in [0.29, 0.717) is 17.8 Å². The molecule has 0 unspecified atom stereocenters. The first-order valence-electron chi connectivity index (χ1n) is 9.44. The molecule has 0 radical (unpaired) electrons. The average molecular weight is 409 g/mol. The van der Waals surface area contributed by atoms with Crippen LogP contribution in [0.1, 0.15) is 30.4 Å². The molecule has 3 aromatic rings. The average Bonchev–Trinajstić information content (AvgIpc) is 2.71. The van der Waals surface area contributed by atoms with Crippen LogP contribution in [0.2, 0.25) is 0 Å². The molecule has 6 heteroatoms. The molecule has 0 saturated heterocycles. The lowest BCUT2D eigenvalue weighted by molar-refractivity contribution is -0.117. The molecule has 29 heavy (non-hydrogen) atoms. The zero-order valence-electron chi connectivity index (χ0n) is 16.4. The standard InChI is InChI=1S/C23H24N2O3S/c1-3-22(18-7-5-4-6-8-18)23(26)24-19-11-13-20(14-12-19)25-29(27,28)21-15-9-17(2)10-16-21/h4-16,22,25H,3H2,1-2H3,(H,24,26)/t22-/m0/s1. The van der Waals surface area contributed by atoms with E-state index in [1.807, 2.05) is 44.2 Å². The molecule has 0 fully saturated rings. The van der Waals surface area contributed by atoms with Gasteiger partial charge in [0.15, 0.2) is 0 Å². The van der Waals surface area contributed by atoms with Crippen molar-refractivity contribution in [3.8, 4) is 0 Å². The third-order valence-electron chi connectivity index (χ3n) is 4.66. The van der Waals surface area contributed by atoms with Crippen LogP contribution in [0.15, 0.2) is 83.8 Å². The number of nitrogens with one attached hydrogen (secondary N) is 2. The Labute approximate surface area is 171 Å². The van der Waals surface area contributed by atoms with Crippen molar-refractivity contribution >= 4 is 27.3 Å². The highest BCUT2D eigenvalue weighted by atomic mass is 32.2. The maximum atomic E-state index is 12.6. The van der Waals surface area contributed by atoms with E-state index in [1.165, 1.54) is 0 Å². The number of hydrogen-bond donors (Lipinski definition) is 2. The highest BCUT2D eigenvalue weighted by Gasteiger charge is 2.19. The molecular weight excluding hydrogens is 384 g/mol. The van der Waals surface area contributed by atoms with Crippen LogP contribution < -0.4 is 10.0 Å². The van der Waals surface area contributed by atoms with Crippen molar-refractivity contribution in [3.63, 3.8) is 0 Å². The molecular formula is C23H24N2O3S. The minimum atomic E-state index is -3.66. The monoisotopic (exact) mass is 408 g/mol. The largest absolute Gasteiger partial charge is 0.326 e. The summed E-state index contributed by atoms with van der Waals surface area (Å²) in [4.78, 5) is 12.9. The second-order valence-corrected chi connectivity index (χ2v) is 8.54. The molecule has 5 nitrogen and oxygen atoms in total. The lowest BCUT2D eigenvalue weighted by Gasteiger charge is -2.16. The first-order valence-corrected chi connectivity index (χ1v) is 10.9. The summed E-state index contributed by atoms with van der Waals surface area (Å²) < 4.78 is 27.5. The van der Waals surface area contributed by atoms with Crippen LogP contribution in [-0.2, 0) is 14.8 Å². The molecule has 1 amide bonds. The predicted molar refractivity (Wildman–Crippen MR) is 117 cm³/mol. The number of benzene rings is 3. The summed E-state index contributed by atoms with van der Waals surface area (Å²) in [5, 5.41) is 2.90. The van der Waals surface area contributed by atoms with Gasteiger partial charge in [-0.1, -0.05) is 55.0 Å². The lowest BCUT2D eigenvalue weighted by atomic mass is 9.95. The van der Waals surface area contributed by atoms with Crippen LogP contribution in [-0.4, -0.2) is 14.3 Å². The molecule has 1 atom stereocenters. The fourth-order valence-corrected chi connectivity index (χ4v) is 4.10. The Morgan fingerprint density at radius 2 is 1.45 bits per heavy atom. The number of aryl methyl sites for hydroxylation is 1. The number of amides is 1. The molecule has 0 saturated carbocycles. The van der Waals surface area contributed by atoms with Crippen LogP contribution in [0.3, 0.4) is 0 Å². The number of hydrogen-bond acceptors (Lipinski definition) is 3. The summed E-state index contributed by atoms with van der Waals surface area (Å²) >= 11 is 0. The van der Waals surface area contributed by atoms with Crippen LogP contribution in [0.4, 0.5) is 11.4 Å². The summed E-state index contributed by atoms with van der Waals surface area (Å²) in [5.41, 5.74) is 3.00. The maximum absolute atomic E-state index is 12.6. The molecule has 150 valence electrons. The minimum Gasteiger partial charge on any atom is -0.326 e. The van der Waals surface area contributed by atoms with Gasteiger partial charge in [-0.3, -0.25) is 9.52 Å². The molecule has 0 bridgehead atoms. The van der Waals surface area contributed by atoms with E-state index in [1.54, 1.807) is 48.5 Å². The topological polar surface area (TPSA) is 75.3 Å². The quantitative estimate of drug-likeness (QED) is 0.582. The molecule has 0 aliphatic rings. The number of carbonyl (C=O) groups excluding carboxylic acids is 1. The Morgan fingerprint density at radius 1 is 0.862 bits per heavy atom. The fraction of sp³-hybridized carbons (Fsp3) is 0.174. The summed E-state index contributed by atoms with van der Waals surface area (Å²) in [5.74, 6) is -0.331. The van der Waals surface area contributed by atoms with Crippen molar-refractivity contribution < 1.29 is 13.2 Å². The number of rotatable bonds is 7. The molecule has 0 spiro atoms. The number of anilines is 2. The molecule has 3 aromatic carbocycles. The van der Waals surface area contributed by atoms with Crippen molar-refractivity contribution in [2.45, 2.75) is 31.1 Å². The second kappa shape index (κ2) is 8.92. The molecule has 0 aliphatic heterocycles. The number of carbonyl (C=O) groups is 1. The van der Waals surface area contributed by atoms with Crippen LogP contribution in [0.5, 0.6) is 0 Å². The van der Waals surface area contributed by atoms with Gasteiger partial charge in [-0.15, -0.1) is 0 Å². The Balaban J connectivity index is 1.68.